The van der Waals surface area contributed by atoms with Crippen LogP contribution < -0.4 is 0 Å². The molecule has 0 aliphatic carbocycles. The molecule has 2 aromatic rings. The van der Waals surface area contributed by atoms with E-state index < -0.39 is 36.0 Å². The molecule has 0 bridgehead atoms. The fourth-order valence-electron chi connectivity index (χ4n) is 2.67. The molecule has 0 radical (unpaired) electrons. The van der Waals surface area contributed by atoms with Crippen LogP contribution in [0.15, 0.2) is 60.7 Å². The number of esters is 3. The third-order valence-electron chi connectivity index (χ3n) is 4.14. The second kappa shape index (κ2) is 7.82. The fraction of sp³-hybridized carbons (Fsp3) is 0.250. The number of benzene rings is 2. The van der Waals surface area contributed by atoms with E-state index in [4.69, 9.17) is 14.2 Å². The number of carbonyl (C=O) groups is 3. The highest BCUT2D eigenvalue weighted by Gasteiger charge is 2.45. The van der Waals surface area contributed by atoms with Crippen molar-refractivity contribution in [3.63, 3.8) is 0 Å². The van der Waals surface area contributed by atoms with E-state index >= 15 is 0 Å². The van der Waals surface area contributed by atoms with Crippen LogP contribution in [0, 0.1) is 5.92 Å². The van der Waals surface area contributed by atoms with E-state index in [1.165, 1.54) is 0 Å². The molecule has 0 amide bonds. The van der Waals surface area contributed by atoms with Crippen molar-refractivity contribution in [1.29, 1.82) is 0 Å². The Hall–Kier alpha value is -3.15. The molecule has 1 heterocycles. The second-order valence-corrected chi connectivity index (χ2v) is 5.96. The van der Waals surface area contributed by atoms with E-state index in [9.17, 15) is 14.4 Å². The minimum Gasteiger partial charge on any atom is -0.458 e. The van der Waals surface area contributed by atoms with Gasteiger partial charge in [-0.05, 0) is 31.2 Å². The molecular weight excluding hydrogens is 336 g/mol. The highest BCUT2D eigenvalue weighted by atomic mass is 16.6. The smallest absolute Gasteiger partial charge is 0.338 e. The predicted molar refractivity (Wildman–Crippen MR) is 91.4 cm³/mol. The lowest BCUT2D eigenvalue weighted by molar-refractivity contribution is -0.145. The molecule has 134 valence electrons. The van der Waals surface area contributed by atoms with Gasteiger partial charge in [-0.15, -0.1) is 0 Å². The first kappa shape index (κ1) is 17.7. The number of hydrogen-bond donors (Lipinski definition) is 0. The second-order valence-electron chi connectivity index (χ2n) is 5.96. The minimum absolute atomic E-state index is 0.184. The van der Waals surface area contributed by atoms with Gasteiger partial charge in [0.2, 0.25) is 0 Å². The molecule has 3 atom stereocenters. The monoisotopic (exact) mass is 354 g/mol. The molecule has 0 saturated carbocycles. The van der Waals surface area contributed by atoms with Crippen molar-refractivity contribution in [3.05, 3.63) is 71.8 Å². The fourth-order valence-corrected chi connectivity index (χ4v) is 2.67. The summed E-state index contributed by atoms with van der Waals surface area (Å²) in [7, 11) is 0. The van der Waals surface area contributed by atoms with Gasteiger partial charge in [0.1, 0.15) is 6.61 Å². The third-order valence-corrected chi connectivity index (χ3v) is 4.14. The zero-order valence-corrected chi connectivity index (χ0v) is 14.2. The van der Waals surface area contributed by atoms with Gasteiger partial charge in [-0.25, -0.2) is 9.59 Å². The molecule has 0 unspecified atom stereocenters. The summed E-state index contributed by atoms with van der Waals surface area (Å²) >= 11 is 0. The Balaban J connectivity index is 1.64. The van der Waals surface area contributed by atoms with E-state index in [1.54, 1.807) is 67.6 Å². The van der Waals surface area contributed by atoms with Gasteiger partial charge in [0, 0.05) is 0 Å². The summed E-state index contributed by atoms with van der Waals surface area (Å²) in [6, 6.07) is 16.9. The molecule has 1 aliphatic rings. The Morgan fingerprint density at radius 1 is 0.923 bits per heavy atom. The number of cyclic esters (lactones) is 1. The lowest BCUT2D eigenvalue weighted by atomic mass is 10.0. The Morgan fingerprint density at radius 2 is 1.46 bits per heavy atom. The van der Waals surface area contributed by atoms with Crippen LogP contribution in [0.25, 0.3) is 0 Å². The molecule has 6 heteroatoms. The van der Waals surface area contributed by atoms with Crippen molar-refractivity contribution in [2.75, 3.05) is 6.61 Å². The quantitative estimate of drug-likeness (QED) is 0.607. The molecule has 6 nitrogen and oxygen atoms in total. The van der Waals surface area contributed by atoms with Crippen molar-refractivity contribution in [1.82, 2.24) is 0 Å². The lowest BCUT2D eigenvalue weighted by Gasteiger charge is -2.20. The molecule has 0 spiro atoms. The molecule has 0 aromatic heterocycles. The van der Waals surface area contributed by atoms with Gasteiger partial charge < -0.3 is 14.2 Å². The number of rotatable bonds is 5. The van der Waals surface area contributed by atoms with Gasteiger partial charge in [0.15, 0.2) is 12.2 Å². The molecule has 2 aromatic carbocycles. The summed E-state index contributed by atoms with van der Waals surface area (Å²) in [5.74, 6) is -2.21. The standard InChI is InChI=1S/C20H18O6/c1-13-17(26-20(23)15-10-6-3-7-11-15)16(25-18(13)21)12-24-19(22)14-8-4-2-5-9-14/h2-11,13,16-17H,12H2,1H3/t13-,16+,17-/m0/s1. The van der Waals surface area contributed by atoms with Crippen molar-refractivity contribution in [2.24, 2.45) is 5.92 Å². The Labute approximate surface area is 150 Å². The van der Waals surface area contributed by atoms with Crippen molar-refractivity contribution in [3.8, 4) is 0 Å². The van der Waals surface area contributed by atoms with Gasteiger partial charge in [-0.2, -0.15) is 0 Å². The first-order chi connectivity index (χ1) is 12.6. The summed E-state index contributed by atoms with van der Waals surface area (Å²) in [5.41, 5.74) is 0.766. The average Bonchev–Trinajstić information content (AvgIpc) is 2.95. The molecule has 26 heavy (non-hydrogen) atoms. The third kappa shape index (κ3) is 3.91. The van der Waals surface area contributed by atoms with E-state index in [-0.39, 0.29) is 6.61 Å². The van der Waals surface area contributed by atoms with Crippen LogP contribution in [-0.2, 0) is 19.0 Å². The van der Waals surface area contributed by atoms with E-state index in [2.05, 4.69) is 0 Å². The summed E-state index contributed by atoms with van der Waals surface area (Å²) in [4.78, 5) is 36.2. The van der Waals surface area contributed by atoms with Gasteiger partial charge in [0.05, 0.1) is 17.0 Å². The molecule has 1 saturated heterocycles. The van der Waals surface area contributed by atoms with Crippen LogP contribution in [0.3, 0.4) is 0 Å². The van der Waals surface area contributed by atoms with Crippen molar-refractivity contribution in [2.45, 2.75) is 19.1 Å². The Bertz CT molecular complexity index is 786. The molecule has 1 aliphatic heterocycles. The van der Waals surface area contributed by atoms with Gasteiger partial charge >= 0.3 is 17.9 Å². The zero-order chi connectivity index (χ0) is 18.5. The summed E-state index contributed by atoms with van der Waals surface area (Å²) in [5, 5.41) is 0. The van der Waals surface area contributed by atoms with E-state index in [1.807, 2.05) is 0 Å². The highest BCUT2D eigenvalue weighted by molar-refractivity contribution is 5.90. The van der Waals surface area contributed by atoms with Crippen LogP contribution in [0.2, 0.25) is 0 Å². The van der Waals surface area contributed by atoms with E-state index in [0.29, 0.717) is 11.1 Å². The summed E-state index contributed by atoms with van der Waals surface area (Å²) < 4.78 is 15.9. The SMILES string of the molecule is C[C@@H]1C(=O)O[C@H](COC(=O)c2ccccc2)[C@H]1OC(=O)c1ccccc1. The average molecular weight is 354 g/mol. The Kier molecular flexibility index (Phi) is 5.31. The molecule has 3 rings (SSSR count). The normalized spacial score (nSPS) is 21.7. The van der Waals surface area contributed by atoms with Crippen molar-refractivity contribution >= 4 is 17.9 Å². The largest absolute Gasteiger partial charge is 0.458 e. The summed E-state index contributed by atoms with van der Waals surface area (Å²) in [6.07, 6.45) is -1.66. The zero-order valence-electron chi connectivity index (χ0n) is 14.2. The van der Waals surface area contributed by atoms with Crippen LogP contribution >= 0.6 is 0 Å². The first-order valence-electron chi connectivity index (χ1n) is 8.25. The maximum absolute atomic E-state index is 12.3. The maximum atomic E-state index is 12.3. The van der Waals surface area contributed by atoms with Crippen molar-refractivity contribution < 1.29 is 28.6 Å². The van der Waals surface area contributed by atoms with Crippen LogP contribution in [0.1, 0.15) is 27.6 Å². The minimum atomic E-state index is -0.835. The molecular formula is C20H18O6. The summed E-state index contributed by atoms with van der Waals surface area (Å²) in [6.45, 7) is 1.43. The van der Waals surface area contributed by atoms with Crippen LogP contribution in [0.5, 0.6) is 0 Å². The molecule has 0 N–H and O–H groups in total. The van der Waals surface area contributed by atoms with Gasteiger partial charge in [-0.1, -0.05) is 36.4 Å². The molecule has 1 fully saturated rings. The predicted octanol–water partition coefficient (Wildman–Crippen LogP) is 2.63. The Morgan fingerprint density at radius 3 is 2.04 bits per heavy atom. The van der Waals surface area contributed by atoms with Crippen LogP contribution in [0.4, 0.5) is 0 Å². The van der Waals surface area contributed by atoms with Crippen LogP contribution in [-0.4, -0.2) is 36.7 Å². The highest BCUT2D eigenvalue weighted by Crippen LogP contribution is 2.26. The number of ether oxygens (including phenoxy) is 3. The van der Waals surface area contributed by atoms with Gasteiger partial charge in [-0.3, -0.25) is 4.79 Å². The maximum Gasteiger partial charge on any atom is 0.338 e. The van der Waals surface area contributed by atoms with Gasteiger partial charge in [0.25, 0.3) is 0 Å². The topological polar surface area (TPSA) is 78.9 Å². The number of carbonyl (C=O) groups excluding carboxylic acids is 3. The lowest BCUT2D eigenvalue weighted by Crippen LogP contribution is -2.35. The van der Waals surface area contributed by atoms with E-state index in [0.717, 1.165) is 0 Å². The number of hydrogen-bond acceptors (Lipinski definition) is 6. The first-order valence-corrected chi connectivity index (χ1v) is 8.25.